The second-order valence-electron chi connectivity index (χ2n) is 4.16. The van der Waals surface area contributed by atoms with Crippen LogP contribution in [0.2, 0.25) is 0 Å². The van der Waals surface area contributed by atoms with E-state index in [0.717, 1.165) is 22.2 Å². The summed E-state index contributed by atoms with van der Waals surface area (Å²) in [7, 11) is 1.62. The molecule has 0 aliphatic carbocycles. The van der Waals surface area contributed by atoms with Gasteiger partial charge in [-0.05, 0) is 30.2 Å². The summed E-state index contributed by atoms with van der Waals surface area (Å²) in [6, 6.07) is 5.68. The van der Waals surface area contributed by atoms with E-state index in [1.54, 1.807) is 7.11 Å². The number of benzene rings is 1. The summed E-state index contributed by atoms with van der Waals surface area (Å²) in [6.07, 6.45) is 1.28. The van der Waals surface area contributed by atoms with Gasteiger partial charge in [0, 0.05) is 23.4 Å². The zero-order chi connectivity index (χ0) is 12.3. The summed E-state index contributed by atoms with van der Waals surface area (Å²) < 4.78 is 11.3. The third kappa shape index (κ3) is 3.07. The maximum Gasteiger partial charge on any atom is 0.142 e. The Balaban J connectivity index is 2.09. The van der Waals surface area contributed by atoms with Crippen LogP contribution in [0.4, 0.5) is 0 Å². The van der Waals surface area contributed by atoms with Crippen LogP contribution in [-0.2, 0) is 16.0 Å². The van der Waals surface area contributed by atoms with Gasteiger partial charge in [-0.1, -0.05) is 15.9 Å². The summed E-state index contributed by atoms with van der Waals surface area (Å²) in [5, 5.41) is 0. The van der Waals surface area contributed by atoms with Crippen molar-refractivity contribution in [2.45, 2.75) is 12.8 Å². The summed E-state index contributed by atoms with van der Waals surface area (Å²) in [5.74, 6) is 1.09. The zero-order valence-corrected chi connectivity index (χ0v) is 11.3. The zero-order valence-electron chi connectivity index (χ0n) is 9.74. The minimum atomic E-state index is 0.0631. The van der Waals surface area contributed by atoms with Gasteiger partial charge in [-0.2, -0.15) is 0 Å². The van der Waals surface area contributed by atoms with Gasteiger partial charge in [-0.15, -0.1) is 0 Å². The van der Waals surface area contributed by atoms with E-state index >= 15 is 0 Å². The van der Waals surface area contributed by atoms with Gasteiger partial charge in [0.2, 0.25) is 0 Å². The fraction of sp³-hybridized carbons (Fsp3) is 0.462. The minimum Gasteiger partial charge on any atom is -0.497 e. The van der Waals surface area contributed by atoms with Crippen molar-refractivity contribution < 1.29 is 14.3 Å². The lowest BCUT2D eigenvalue weighted by molar-refractivity contribution is -0.122. The number of hydrogen-bond donors (Lipinski definition) is 0. The second-order valence-corrected chi connectivity index (χ2v) is 5.02. The first kappa shape index (κ1) is 12.6. The molecule has 1 aliphatic rings. The maximum absolute atomic E-state index is 12.0. The number of carbonyl (C=O) groups is 1. The molecule has 4 heteroatoms. The number of methoxy groups -OCH3 is 1. The Labute approximate surface area is 109 Å². The van der Waals surface area contributed by atoms with Crippen LogP contribution in [0.5, 0.6) is 5.75 Å². The SMILES string of the molecule is COc1ccc(Br)c(CC(=O)C2CCOC2)c1. The van der Waals surface area contributed by atoms with E-state index in [4.69, 9.17) is 9.47 Å². The third-order valence-electron chi connectivity index (χ3n) is 3.00. The number of ketones is 1. The van der Waals surface area contributed by atoms with Crippen molar-refractivity contribution in [1.29, 1.82) is 0 Å². The van der Waals surface area contributed by atoms with Gasteiger partial charge in [0.15, 0.2) is 0 Å². The fourth-order valence-corrected chi connectivity index (χ4v) is 2.32. The highest BCUT2D eigenvalue weighted by Crippen LogP contribution is 2.25. The van der Waals surface area contributed by atoms with E-state index in [0.29, 0.717) is 19.6 Å². The lowest BCUT2D eigenvalue weighted by Crippen LogP contribution is -2.16. The van der Waals surface area contributed by atoms with Crippen molar-refractivity contribution in [3.8, 4) is 5.75 Å². The van der Waals surface area contributed by atoms with E-state index < -0.39 is 0 Å². The van der Waals surface area contributed by atoms with Gasteiger partial charge in [0.05, 0.1) is 13.7 Å². The van der Waals surface area contributed by atoms with Gasteiger partial charge in [-0.25, -0.2) is 0 Å². The highest BCUT2D eigenvalue weighted by atomic mass is 79.9. The molecule has 0 radical (unpaired) electrons. The van der Waals surface area contributed by atoms with E-state index in [1.165, 1.54) is 0 Å². The molecule has 1 unspecified atom stereocenters. The molecular weight excluding hydrogens is 284 g/mol. The van der Waals surface area contributed by atoms with Crippen LogP contribution in [0.3, 0.4) is 0 Å². The Morgan fingerprint density at radius 1 is 1.59 bits per heavy atom. The van der Waals surface area contributed by atoms with Crippen LogP contribution in [0.1, 0.15) is 12.0 Å². The number of ether oxygens (including phenoxy) is 2. The molecule has 1 atom stereocenters. The first-order valence-electron chi connectivity index (χ1n) is 5.63. The van der Waals surface area contributed by atoms with Crippen molar-refractivity contribution in [3.05, 3.63) is 28.2 Å². The van der Waals surface area contributed by atoms with E-state index in [1.807, 2.05) is 18.2 Å². The van der Waals surface area contributed by atoms with E-state index in [9.17, 15) is 4.79 Å². The molecule has 0 saturated carbocycles. The Bertz CT molecular complexity index is 411. The Morgan fingerprint density at radius 3 is 3.06 bits per heavy atom. The van der Waals surface area contributed by atoms with E-state index in [-0.39, 0.29) is 11.7 Å². The highest BCUT2D eigenvalue weighted by molar-refractivity contribution is 9.10. The summed E-state index contributed by atoms with van der Waals surface area (Å²) in [5.41, 5.74) is 0.973. The van der Waals surface area contributed by atoms with Crippen molar-refractivity contribution in [3.63, 3.8) is 0 Å². The average Bonchev–Trinajstić information content (AvgIpc) is 2.85. The molecule has 0 aromatic heterocycles. The smallest absolute Gasteiger partial charge is 0.142 e. The van der Waals surface area contributed by atoms with Crippen LogP contribution in [0.15, 0.2) is 22.7 Å². The number of Topliss-reactive ketones (excluding diaryl/α,β-unsaturated/α-hetero) is 1. The standard InChI is InChI=1S/C13H15BrO3/c1-16-11-2-3-12(14)10(6-11)7-13(15)9-4-5-17-8-9/h2-3,6,9H,4-5,7-8H2,1H3. The van der Waals surface area contributed by atoms with Gasteiger partial charge < -0.3 is 9.47 Å². The van der Waals surface area contributed by atoms with Crippen molar-refractivity contribution in [2.75, 3.05) is 20.3 Å². The number of halogens is 1. The van der Waals surface area contributed by atoms with Gasteiger partial charge in [0.25, 0.3) is 0 Å². The lowest BCUT2D eigenvalue weighted by Gasteiger charge is -2.09. The molecule has 0 bridgehead atoms. The summed E-state index contributed by atoms with van der Waals surface area (Å²) in [4.78, 5) is 12.0. The molecule has 0 N–H and O–H groups in total. The quantitative estimate of drug-likeness (QED) is 0.857. The first-order chi connectivity index (χ1) is 8.20. The summed E-state index contributed by atoms with van der Waals surface area (Å²) >= 11 is 3.46. The Hall–Kier alpha value is -0.870. The van der Waals surface area contributed by atoms with Crippen LogP contribution in [0.25, 0.3) is 0 Å². The predicted octanol–water partition coefficient (Wildman–Crippen LogP) is 2.61. The fourth-order valence-electron chi connectivity index (χ4n) is 1.93. The average molecular weight is 299 g/mol. The molecule has 0 spiro atoms. The highest BCUT2D eigenvalue weighted by Gasteiger charge is 2.23. The number of rotatable bonds is 4. The first-order valence-corrected chi connectivity index (χ1v) is 6.43. The molecule has 17 heavy (non-hydrogen) atoms. The molecule has 3 nitrogen and oxygen atoms in total. The molecule has 2 rings (SSSR count). The van der Waals surface area contributed by atoms with Crippen LogP contribution in [0, 0.1) is 5.92 Å². The van der Waals surface area contributed by atoms with Crippen LogP contribution >= 0.6 is 15.9 Å². The predicted molar refractivity (Wildman–Crippen MR) is 68.3 cm³/mol. The maximum atomic E-state index is 12.0. The molecule has 1 heterocycles. The lowest BCUT2D eigenvalue weighted by atomic mass is 9.97. The summed E-state index contributed by atoms with van der Waals surface area (Å²) in [6.45, 7) is 1.27. The van der Waals surface area contributed by atoms with E-state index in [2.05, 4.69) is 15.9 Å². The third-order valence-corrected chi connectivity index (χ3v) is 3.78. The molecule has 1 aromatic rings. The normalized spacial score (nSPS) is 19.3. The molecular formula is C13H15BrO3. The molecule has 1 aliphatic heterocycles. The number of hydrogen-bond acceptors (Lipinski definition) is 3. The van der Waals surface area contributed by atoms with Gasteiger partial charge >= 0.3 is 0 Å². The molecule has 0 amide bonds. The molecule has 92 valence electrons. The molecule has 1 fully saturated rings. The van der Waals surface area contributed by atoms with Crippen molar-refractivity contribution >= 4 is 21.7 Å². The largest absolute Gasteiger partial charge is 0.497 e. The van der Waals surface area contributed by atoms with Crippen molar-refractivity contribution in [1.82, 2.24) is 0 Å². The molecule has 1 aromatic carbocycles. The Kier molecular flexibility index (Phi) is 4.18. The van der Waals surface area contributed by atoms with Crippen LogP contribution in [-0.4, -0.2) is 26.1 Å². The number of carbonyl (C=O) groups excluding carboxylic acids is 1. The van der Waals surface area contributed by atoms with Gasteiger partial charge in [0.1, 0.15) is 11.5 Å². The second kappa shape index (κ2) is 5.65. The monoisotopic (exact) mass is 298 g/mol. The topological polar surface area (TPSA) is 35.5 Å². The Morgan fingerprint density at radius 2 is 2.41 bits per heavy atom. The van der Waals surface area contributed by atoms with Crippen LogP contribution < -0.4 is 4.74 Å². The van der Waals surface area contributed by atoms with Crippen molar-refractivity contribution in [2.24, 2.45) is 5.92 Å². The molecule has 1 saturated heterocycles. The minimum absolute atomic E-state index is 0.0631. The van der Waals surface area contributed by atoms with Gasteiger partial charge in [-0.3, -0.25) is 4.79 Å².